The summed E-state index contributed by atoms with van der Waals surface area (Å²) < 4.78 is 23.3. The number of ether oxygens (including phenoxy) is 1. The fraction of sp³-hybridized carbons (Fsp3) is 0.357. The van der Waals surface area contributed by atoms with E-state index in [9.17, 15) is 9.18 Å². The largest absolute Gasteiger partial charge is 0.485 e. The SMILES string of the molecule is O=C1CN(Cc2nc(COc3ccc(F)cc3)no2)CCN1. The molecule has 1 fully saturated rings. The van der Waals surface area contributed by atoms with Crippen molar-refractivity contribution in [2.24, 2.45) is 0 Å². The number of carbonyl (C=O) groups is 1. The molecule has 0 aliphatic carbocycles. The van der Waals surface area contributed by atoms with E-state index in [1.165, 1.54) is 24.3 Å². The van der Waals surface area contributed by atoms with Crippen LogP contribution in [0.15, 0.2) is 28.8 Å². The van der Waals surface area contributed by atoms with Crippen LogP contribution in [0.3, 0.4) is 0 Å². The zero-order valence-electron chi connectivity index (χ0n) is 11.8. The van der Waals surface area contributed by atoms with Crippen molar-refractivity contribution in [2.75, 3.05) is 19.6 Å². The monoisotopic (exact) mass is 306 g/mol. The topological polar surface area (TPSA) is 80.5 Å². The van der Waals surface area contributed by atoms with Crippen LogP contribution >= 0.6 is 0 Å². The molecule has 2 heterocycles. The van der Waals surface area contributed by atoms with Crippen molar-refractivity contribution in [3.8, 4) is 5.75 Å². The number of carbonyl (C=O) groups excluding carboxylic acids is 1. The Labute approximate surface area is 126 Å². The summed E-state index contributed by atoms with van der Waals surface area (Å²) in [5.74, 6) is 1.04. The highest BCUT2D eigenvalue weighted by molar-refractivity contribution is 5.78. The first-order chi connectivity index (χ1) is 10.7. The van der Waals surface area contributed by atoms with Gasteiger partial charge in [0.2, 0.25) is 17.6 Å². The van der Waals surface area contributed by atoms with Gasteiger partial charge in [-0.15, -0.1) is 0 Å². The van der Waals surface area contributed by atoms with Gasteiger partial charge in [0.05, 0.1) is 13.1 Å². The van der Waals surface area contributed by atoms with Gasteiger partial charge in [-0.05, 0) is 24.3 Å². The van der Waals surface area contributed by atoms with E-state index in [1.807, 2.05) is 4.90 Å². The van der Waals surface area contributed by atoms with Crippen LogP contribution in [0.1, 0.15) is 11.7 Å². The molecule has 7 nitrogen and oxygen atoms in total. The summed E-state index contributed by atoms with van der Waals surface area (Å²) in [6.45, 7) is 2.25. The highest BCUT2D eigenvalue weighted by Gasteiger charge is 2.18. The number of benzene rings is 1. The second-order valence-corrected chi connectivity index (χ2v) is 4.91. The summed E-state index contributed by atoms with van der Waals surface area (Å²) in [5, 5.41) is 6.57. The first-order valence-corrected chi connectivity index (χ1v) is 6.88. The van der Waals surface area contributed by atoms with Crippen molar-refractivity contribution in [3.63, 3.8) is 0 Å². The molecule has 1 N–H and O–H groups in total. The first kappa shape index (κ1) is 14.5. The first-order valence-electron chi connectivity index (χ1n) is 6.88. The number of nitrogens with one attached hydrogen (secondary N) is 1. The molecule has 1 aromatic carbocycles. The third-order valence-electron chi connectivity index (χ3n) is 3.17. The van der Waals surface area contributed by atoms with Crippen molar-refractivity contribution < 1.29 is 18.4 Å². The molecule has 8 heteroatoms. The Morgan fingerprint density at radius 2 is 2.18 bits per heavy atom. The maximum atomic E-state index is 12.8. The number of halogens is 1. The molecule has 22 heavy (non-hydrogen) atoms. The molecular formula is C14H15FN4O3. The number of aromatic nitrogens is 2. The van der Waals surface area contributed by atoms with Gasteiger partial charge in [0.15, 0.2) is 6.61 Å². The summed E-state index contributed by atoms with van der Waals surface area (Å²) in [6.07, 6.45) is 0. The van der Waals surface area contributed by atoms with E-state index in [1.54, 1.807) is 0 Å². The van der Waals surface area contributed by atoms with Crippen molar-refractivity contribution in [1.29, 1.82) is 0 Å². The summed E-state index contributed by atoms with van der Waals surface area (Å²) in [6, 6.07) is 5.70. The lowest BCUT2D eigenvalue weighted by Crippen LogP contribution is -2.47. The lowest BCUT2D eigenvalue weighted by Gasteiger charge is -2.24. The molecule has 2 aromatic rings. The van der Waals surface area contributed by atoms with E-state index >= 15 is 0 Å². The third kappa shape index (κ3) is 3.79. The molecule has 0 unspecified atom stereocenters. The Morgan fingerprint density at radius 3 is 2.95 bits per heavy atom. The van der Waals surface area contributed by atoms with Crippen LogP contribution in [0.2, 0.25) is 0 Å². The molecule has 1 aliphatic heterocycles. The van der Waals surface area contributed by atoms with Gasteiger partial charge in [0, 0.05) is 13.1 Å². The number of amides is 1. The Bertz CT molecular complexity index is 644. The molecule has 1 aromatic heterocycles. The van der Waals surface area contributed by atoms with Gasteiger partial charge in [0.25, 0.3) is 0 Å². The van der Waals surface area contributed by atoms with Crippen molar-refractivity contribution in [2.45, 2.75) is 13.2 Å². The molecule has 0 bridgehead atoms. The Morgan fingerprint density at radius 1 is 1.36 bits per heavy atom. The predicted octanol–water partition coefficient (Wildman–Crippen LogP) is 0.719. The fourth-order valence-electron chi connectivity index (χ4n) is 2.11. The van der Waals surface area contributed by atoms with Crippen LogP contribution in [-0.4, -0.2) is 40.6 Å². The average Bonchev–Trinajstić information content (AvgIpc) is 2.94. The summed E-state index contributed by atoms with van der Waals surface area (Å²) in [5.41, 5.74) is 0. The zero-order valence-corrected chi connectivity index (χ0v) is 11.8. The Kier molecular flexibility index (Phi) is 4.29. The van der Waals surface area contributed by atoms with Gasteiger partial charge in [0.1, 0.15) is 11.6 Å². The zero-order chi connectivity index (χ0) is 15.4. The summed E-state index contributed by atoms with van der Waals surface area (Å²) in [4.78, 5) is 17.4. The minimum absolute atomic E-state index is 0.00867. The number of hydrogen-bond acceptors (Lipinski definition) is 6. The van der Waals surface area contributed by atoms with Crippen LogP contribution in [-0.2, 0) is 17.9 Å². The second-order valence-electron chi connectivity index (χ2n) is 4.91. The molecule has 0 atom stereocenters. The van der Waals surface area contributed by atoms with Gasteiger partial charge in [-0.25, -0.2) is 4.39 Å². The van der Waals surface area contributed by atoms with Crippen LogP contribution < -0.4 is 10.1 Å². The third-order valence-corrected chi connectivity index (χ3v) is 3.17. The van der Waals surface area contributed by atoms with Crippen LogP contribution in [0.5, 0.6) is 5.75 Å². The van der Waals surface area contributed by atoms with E-state index in [2.05, 4.69) is 15.5 Å². The Balaban J connectivity index is 1.52. The minimum Gasteiger partial charge on any atom is -0.485 e. The maximum Gasteiger partial charge on any atom is 0.240 e. The molecule has 1 amide bonds. The summed E-state index contributed by atoms with van der Waals surface area (Å²) in [7, 11) is 0. The molecule has 1 saturated heterocycles. The van der Waals surface area contributed by atoms with Crippen molar-refractivity contribution >= 4 is 5.91 Å². The van der Waals surface area contributed by atoms with Gasteiger partial charge in [-0.1, -0.05) is 5.16 Å². The normalized spacial score (nSPS) is 15.6. The van der Waals surface area contributed by atoms with E-state index in [0.29, 0.717) is 37.1 Å². The predicted molar refractivity (Wildman–Crippen MR) is 73.3 cm³/mol. The quantitative estimate of drug-likeness (QED) is 0.877. The molecule has 0 saturated carbocycles. The van der Waals surface area contributed by atoms with E-state index in [-0.39, 0.29) is 18.3 Å². The standard InChI is InChI=1S/C14H15FN4O3/c15-10-1-3-11(4-2-10)21-9-12-17-14(22-18-12)8-19-6-5-16-13(20)7-19/h1-4H,5-9H2,(H,16,20). The highest BCUT2D eigenvalue weighted by atomic mass is 19.1. The maximum absolute atomic E-state index is 12.8. The highest BCUT2D eigenvalue weighted by Crippen LogP contribution is 2.13. The molecule has 116 valence electrons. The molecular weight excluding hydrogens is 291 g/mol. The van der Waals surface area contributed by atoms with Crippen LogP contribution in [0, 0.1) is 5.82 Å². The fourth-order valence-corrected chi connectivity index (χ4v) is 2.11. The Hall–Kier alpha value is -2.48. The number of piperazine rings is 1. The van der Waals surface area contributed by atoms with E-state index < -0.39 is 0 Å². The molecule has 0 spiro atoms. The van der Waals surface area contributed by atoms with Crippen LogP contribution in [0.25, 0.3) is 0 Å². The van der Waals surface area contributed by atoms with Crippen molar-refractivity contribution in [3.05, 3.63) is 41.8 Å². The smallest absolute Gasteiger partial charge is 0.240 e. The minimum atomic E-state index is -0.320. The van der Waals surface area contributed by atoms with Crippen molar-refractivity contribution in [1.82, 2.24) is 20.4 Å². The lowest BCUT2D eigenvalue weighted by atomic mass is 10.3. The van der Waals surface area contributed by atoms with Gasteiger partial charge in [-0.2, -0.15) is 4.98 Å². The molecule has 0 radical (unpaired) electrons. The molecule has 3 rings (SSSR count). The lowest BCUT2D eigenvalue weighted by molar-refractivity contribution is -0.124. The number of nitrogens with zero attached hydrogens (tertiary/aromatic N) is 3. The van der Waals surface area contributed by atoms with E-state index in [4.69, 9.17) is 9.26 Å². The van der Waals surface area contributed by atoms with E-state index in [0.717, 1.165) is 6.54 Å². The number of hydrogen-bond donors (Lipinski definition) is 1. The van der Waals surface area contributed by atoms with Gasteiger partial charge >= 0.3 is 0 Å². The number of rotatable bonds is 5. The second kappa shape index (κ2) is 6.52. The van der Waals surface area contributed by atoms with Crippen LogP contribution in [0.4, 0.5) is 4.39 Å². The van der Waals surface area contributed by atoms with Gasteiger partial charge in [-0.3, -0.25) is 9.69 Å². The summed E-state index contributed by atoms with van der Waals surface area (Å²) >= 11 is 0. The average molecular weight is 306 g/mol. The van der Waals surface area contributed by atoms with Gasteiger partial charge < -0.3 is 14.6 Å². The molecule has 1 aliphatic rings.